The van der Waals surface area contributed by atoms with E-state index in [4.69, 9.17) is 0 Å². The Kier molecular flexibility index (Phi) is 14.1. The van der Waals surface area contributed by atoms with E-state index >= 15 is 0 Å². The molecule has 0 saturated heterocycles. The molecule has 0 nitrogen and oxygen atoms in total. The van der Waals surface area contributed by atoms with Gasteiger partial charge in [-0.15, -0.1) is 6.42 Å². The summed E-state index contributed by atoms with van der Waals surface area (Å²) in [7, 11) is 0. The van der Waals surface area contributed by atoms with E-state index in [0.29, 0.717) is 0 Å². The Bertz CT molecular complexity index is 359. The van der Waals surface area contributed by atoms with E-state index in [9.17, 15) is 0 Å². The van der Waals surface area contributed by atoms with Crippen LogP contribution in [0.15, 0.2) is 41.5 Å². The Labute approximate surface area is 138 Å². The average Bonchev–Trinajstić information content (AvgIpc) is 2.87. The summed E-state index contributed by atoms with van der Waals surface area (Å²) < 4.78 is 1.51. The van der Waals surface area contributed by atoms with Crippen LogP contribution in [0.1, 0.15) is 39.5 Å². The van der Waals surface area contributed by atoms with Crippen LogP contribution in [0.4, 0.5) is 0 Å². The molecular formula is C15H19Cl2Zr-. The van der Waals surface area contributed by atoms with E-state index < -0.39 is 0 Å². The number of hydrogen-bond acceptors (Lipinski definition) is 0. The molecule has 2 aliphatic rings. The fraction of sp³-hybridized carbons (Fsp3) is 0.400. The predicted octanol–water partition coefficient (Wildman–Crippen LogP) is -1.90. The van der Waals surface area contributed by atoms with Crippen LogP contribution in [0, 0.1) is 6.08 Å². The van der Waals surface area contributed by atoms with Crippen LogP contribution in [0.5, 0.6) is 0 Å². The maximum absolute atomic E-state index is 3.34. The molecule has 18 heavy (non-hydrogen) atoms. The van der Waals surface area contributed by atoms with Gasteiger partial charge < -0.3 is 24.8 Å². The molecule has 0 aliphatic heterocycles. The van der Waals surface area contributed by atoms with Crippen LogP contribution in [0.25, 0.3) is 0 Å². The zero-order valence-corrected chi connectivity index (χ0v) is 14.9. The van der Waals surface area contributed by atoms with Crippen molar-refractivity contribution in [3.8, 4) is 0 Å². The number of hydrogen-bond donors (Lipinski definition) is 0. The Hall–Kier alpha value is 0.293. The molecule has 0 bridgehead atoms. The van der Waals surface area contributed by atoms with Crippen LogP contribution in [0.2, 0.25) is 0 Å². The van der Waals surface area contributed by atoms with Crippen molar-refractivity contribution in [2.45, 2.75) is 39.5 Å². The van der Waals surface area contributed by atoms with Crippen molar-refractivity contribution < 1.29 is 49.0 Å². The molecule has 0 aromatic rings. The molecule has 0 amide bonds. The molecule has 3 heteroatoms. The minimum atomic E-state index is 0. The third-order valence-corrected chi connectivity index (χ3v) is 2.33. The van der Waals surface area contributed by atoms with Crippen molar-refractivity contribution in [1.29, 1.82) is 0 Å². The third kappa shape index (κ3) is 10.2. The van der Waals surface area contributed by atoms with E-state index in [1.54, 1.807) is 29.8 Å². The number of halogens is 2. The van der Waals surface area contributed by atoms with Crippen molar-refractivity contribution in [3.63, 3.8) is 0 Å². The summed E-state index contributed by atoms with van der Waals surface area (Å²) in [6.07, 6.45) is 18.9. The molecule has 0 N–H and O–H groups in total. The molecule has 0 aromatic carbocycles. The van der Waals surface area contributed by atoms with Crippen LogP contribution in [-0.2, 0) is 24.2 Å². The molecule has 0 heterocycles. The van der Waals surface area contributed by atoms with Crippen molar-refractivity contribution in [2.24, 2.45) is 0 Å². The molecule has 0 fully saturated rings. The van der Waals surface area contributed by atoms with Gasteiger partial charge >= 0.3 is 41.3 Å². The van der Waals surface area contributed by atoms with E-state index in [2.05, 4.69) is 50.3 Å². The first-order valence-electron chi connectivity index (χ1n) is 5.81. The molecule has 0 unspecified atom stereocenters. The normalized spacial score (nSPS) is 14.9. The first-order valence-corrected chi connectivity index (χ1v) is 7.04. The Morgan fingerprint density at radius 1 is 1.22 bits per heavy atom. The van der Waals surface area contributed by atoms with Gasteiger partial charge in [-0.2, -0.15) is 6.08 Å². The first-order chi connectivity index (χ1) is 7.68. The van der Waals surface area contributed by atoms with Gasteiger partial charge in [-0.1, -0.05) is 30.2 Å². The van der Waals surface area contributed by atoms with Gasteiger partial charge in [0.05, 0.1) is 0 Å². The quantitative estimate of drug-likeness (QED) is 0.515. The van der Waals surface area contributed by atoms with Gasteiger partial charge in [-0.3, -0.25) is 6.08 Å². The first kappa shape index (κ1) is 20.6. The topological polar surface area (TPSA) is 0 Å². The molecule has 0 spiro atoms. The van der Waals surface area contributed by atoms with Crippen LogP contribution < -0.4 is 24.8 Å². The third-order valence-electron chi connectivity index (χ3n) is 2.33. The summed E-state index contributed by atoms with van der Waals surface area (Å²) in [5, 5.41) is 0. The van der Waals surface area contributed by atoms with E-state index in [-0.39, 0.29) is 24.8 Å². The zero-order valence-electron chi connectivity index (χ0n) is 11.0. The minimum Gasteiger partial charge on any atom is -1.00 e. The average molecular weight is 361 g/mol. The largest absolute Gasteiger partial charge is 1.00 e. The van der Waals surface area contributed by atoms with Gasteiger partial charge in [0.15, 0.2) is 0 Å². The summed E-state index contributed by atoms with van der Waals surface area (Å²) in [5.41, 5.74) is 2.95. The molecule has 2 aliphatic carbocycles. The Morgan fingerprint density at radius 2 is 1.89 bits per heavy atom. The van der Waals surface area contributed by atoms with Crippen molar-refractivity contribution in [3.05, 3.63) is 47.6 Å². The minimum absolute atomic E-state index is 0. The summed E-state index contributed by atoms with van der Waals surface area (Å²) in [6, 6.07) is 0. The van der Waals surface area contributed by atoms with Gasteiger partial charge in [-0.25, -0.2) is 11.6 Å². The maximum Gasteiger partial charge on any atom is -0.0132 e. The van der Waals surface area contributed by atoms with Crippen LogP contribution in [-0.4, -0.2) is 3.21 Å². The molecular weight excluding hydrogens is 342 g/mol. The second kappa shape index (κ2) is 12.3. The second-order valence-electron chi connectivity index (χ2n) is 4.27. The summed E-state index contributed by atoms with van der Waals surface area (Å²) in [4.78, 5) is 0. The van der Waals surface area contributed by atoms with Gasteiger partial charge in [0.1, 0.15) is 0 Å². The smallest absolute Gasteiger partial charge is 0.0132 e. The molecule has 2 rings (SSSR count). The number of allylic oxidation sites excluding steroid dienone is 8. The zero-order chi connectivity index (χ0) is 11.8. The maximum atomic E-state index is 3.34. The van der Waals surface area contributed by atoms with Crippen molar-refractivity contribution in [1.82, 2.24) is 0 Å². The van der Waals surface area contributed by atoms with Crippen LogP contribution in [0.3, 0.4) is 0 Å². The molecule has 0 aromatic heterocycles. The van der Waals surface area contributed by atoms with E-state index in [1.807, 2.05) is 0 Å². The Balaban J connectivity index is 0. The fourth-order valence-electron chi connectivity index (χ4n) is 1.59. The summed E-state index contributed by atoms with van der Waals surface area (Å²) in [6.45, 7) is 4.25. The number of rotatable bonds is 3. The molecule has 0 radical (unpaired) electrons. The van der Waals surface area contributed by atoms with Crippen LogP contribution >= 0.6 is 0 Å². The van der Waals surface area contributed by atoms with Gasteiger partial charge in [0.2, 0.25) is 0 Å². The summed E-state index contributed by atoms with van der Waals surface area (Å²) in [5.74, 6) is 0. The van der Waals surface area contributed by atoms with E-state index in [0.717, 1.165) is 12.8 Å². The predicted molar refractivity (Wildman–Crippen MR) is 67.9 cm³/mol. The van der Waals surface area contributed by atoms with Crippen molar-refractivity contribution >= 4 is 3.21 Å². The fourth-order valence-corrected chi connectivity index (χ4v) is 1.59. The molecule has 98 valence electrons. The van der Waals surface area contributed by atoms with Crippen molar-refractivity contribution in [2.75, 3.05) is 0 Å². The molecule has 0 saturated carbocycles. The van der Waals surface area contributed by atoms with Gasteiger partial charge in [0.25, 0.3) is 0 Å². The van der Waals surface area contributed by atoms with Gasteiger partial charge in [-0.05, 0) is 12.8 Å². The van der Waals surface area contributed by atoms with E-state index in [1.165, 1.54) is 21.6 Å². The molecule has 0 atom stereocenters. The Morgan fingerprint density at radius 3 is 2.33 bits per heavy atom. The SMILES string of the molecule is C[C](C)=[Zr+2].[C-]1=C(CCC2=CC=CC2)C=CC1.[Cl-].[Cl-]. The summed E-state index contributed by atoms with van der Waals surface area (Å²) >= 11 is 1.55. The monoisotopic (exact) mass is 359 g/mol. The standard InChI is InChI=1S/C12H13.C3H6.2ClH.Zr/c1-2-6-11(5-1)9-10-12-7-3-4-8-12;1-3-2;;;/h1-3,5,7H,4,6,9-10H2;1-2H3;2*1H;/q-1;;;;+2/p-2. The second-order valence-corrected chi connectivity index (χ2v) is 6.72. The van der Waals surface area contributed by atoms with Gasteiger partial charge in [0, 0.05) is 0 Å².